The van der Waals surface area contributed by atoms with E-state index in [1.807, 2.05) is 18.2 Å². The Kier molecular flexibility index (Phi) is 6.92. The van der Waals surface area contributed by atoms with Crippen LogP contribution in [0.1, 0.15) is 41.6 Å². The fourth-order valence-corrected chi connectivity index (χ4v) is 4.59. The first-order valence-electron chi connectivity index (χ1n) is 11.5. The van der Waals surface area contributed by atoms with Gasteiger partial charge < -0.3 is 9.64 Å². The molecule has 2 aromatic carbocycles. The van der Waals surface area contributed by atoms with Crippen molar-refractivity contribution in [2.75, 3.05) is 46.4 Å². The Morgan fingerprint density at radius 2 is 1.81 bits per heavy atom. The van der Waals surface area contributed by atoms with Gasteiger partial charge in [-0.3, -0.25) is 9.69 Å². The number of nitrogens with zero attached hydrogens (tertiary/aromatic N) is 4. The van der Waals surface area contributed by atoms with E-state index in [9.17, 15) is 4.79 Å². The van der Waals surface area contributed by atoms with E-state index in [0.717, 1.165) is 55.3 Å². The first-order chi connectivity index (χ1) is 15.5. The maximum Gasteiger partial charge on any atom is 0.257 e. The van der Waals surface area contributed by atoms with Crippen molar-refractivity contribution in [2.24, 2.45) is 5.10 Å². The van der Waals surface area contributed by atoms with Crippen molar-refractivity contribution < 1.29 is 9.53 Å². The van der Waals surface area contributed by atoms with E-state index >= 15 is 0 Å². The van der Waals surface area contributed by atoms with Gasteiger partial charge in [0.1, 0.15) is 5.75 Å². The minimum Gasteiger partial charge on any atom is -0.497 e. The van der Waals surface area contributed by atoms with E-state index in [-0.39, 0.29) is 11.9 Å². The molecule has 1 saturated heterocycles. The molecule has 2 heterocycles. The number of ether oxygens (including phenoxy) is 1. The maximum absolute atomic E-state index is 13.5. The number of hydrogen-bond donors (Lipinski definition) is 0. The first kappa shape index (κ1) is 22.5. The molecule has 2 aromatic rings. The molecule has 6 nitrogen and oxygen atoms in total. The van der Waals surface area contributed by atoms with Crippen LogP contribution < -0.4 is 4.74 Å². The normalized spacial score (nSPS) is 19.8. The second-order valence-corrected chi connectivity index (χ2v) is 8.81. The fraction of sp³-hybridized carbons (Fsp3) is 0.462. The largest absolute Gasteiger partial charge is 0.497 e. The van der Waals surface area contributed by atoms with Crippen LogP contribution in [-0.4, -0.2) is 72.8 Å². The number of likely N-dealkylation sites (N-methyl/N-ethyl adjacent to an activating group) is 1. The molecule has 0 aliphatic carbocycles. The summed E-state index contributed by atoms with van der Waals surface area (Å²) < 4.78 is 5.44. The van der Waals surface area contributed by atoms with Gasteiger partial charge in [-0.15, -0.1) is 0 Å². The molecule has 0 N–H and O–H groups in total. The smallest absolute Gasteiger partial charge is 0.257 e. The van der Waals surface area contributed by atoms with Crippen LogP contribution in [0.25, 0.3) is 0 Å². The van der Waals surface area contributed by atoms with Crippen LogP contribution in [0.5, 0.6) is 5.75 Å². The molecular weight excluding hydrogens is 400 g/mol. The van der Waals surface area contributed by atoms with Crippen LogP contribution in [0.3, 0.4) is 0 Å². The highest BCUT2D eigenvalue weighted by molar-refractivity contribution is 6.04. The fourth-order valence-electron chi connectivity index (χ4n) is 4.59. The molecule has 1 atom stereocenters. The zero-order valence-electron chi connectivity index (χ0n) is 19.7. The van der Waals surface area contributed by atoms with Crippen LogP contribution in [0.2, 0.25) is 0 Å². The highest BCUT2D eigenvalue weighted by Crippen LogP contribution is 2.35. The summed E-state index contributed by atoms with van der Waals surface area (Å²) in [6.45, 7) is 11.7. The van der Waals surface area contributed by atoms with Gasteiger partial charge in [0.25, 0.3) is 5.91 Å². The number of carbonyl (C=O) groups excluding carboxylic acids is 1. The summed E-state index contributed by atoms with van der Waals surface area (Å²) in [6, 6.07) is 14.3. The van der Waals surface area contributed by atoms with Crippen molar-refractivity contribution in [3.63, 3.8) is 0 Å². The van der Waals surface area contributed by atoms with E-state index < -0.39 is 0 Å². The van der Waals surface area contributed by atoms with Crippen molar-refractivity contribution in [1.82, 2.24) is 14.8 Å². The zero-order chi connectivity index (χ0) is 22.7. The van der Waals surface area contributed by atoms with E-state index in [1.165, 1.54) is 11.1 Å². The number of hydrogen-bond acceptors (Lipinski definition) is 5. The molecule has 0 unspecified atom stereocenters. The number of methoxy groups -OCH3 is 1. The molecule has 1 fully saturated rings. The molecular formula is C26H34N4O2. The number of aryl methyl sites for hydroxylation is 2. The van der Waals surface area contributed by atoms with Gasteiger partial charge in [0.05, 0.1) is 25.4 Å². The second kappa shape index (κ2) is 9.84. The average Bonchev–Trinajstić information content (AvgIpc) is 3.27. The number of hydrazone groups is 1. The molecule has 32 heavy (non-hydrogen) atoms. The Balaban J connectivity index is 1.60. The summed E-state index contributed by atoms with van der Waals surface area (Å²) in [5, 5.41) is 6.61. The summed E-state index contributed by atoms with van der Waals surface area (Å²) in [6.07, 6.45) is 0.701. The molecule has 0 radical (unpaired) electrons. The van der Waals surface area contributed by atoms with Crippen molar-refractivity contribution in [1.29, 1.82) is 0 Å². The number of amides is 1. The predicted molar refractivity (Wildman–Crippen MR) is 128 cm³/mol. The monoisotopic (exact) mass is 434 g/mol. The Morgan fingerprint density at radius 3 is 2.53 bits per heavy atom. The Hall–Kier alpha value is -2.70. The van der Waals surface area contributed by atoms with Crippen LogP contribution in [0.15, 0.2) is 47.6 Å². The number of benzene rings is 2. The highest BCUT2D eigenvalue weighted by Gasteiger charge is 2.34. The SMILES string of the molecule is CCN1CCN(CC(=O)N2N=C(c3cc(C)ccc3C)C[C@@H]2c2cccc(OC)c2)CC1. The topological polar surface area (TPSA) is 48.4 Å². The molecule has 0 saturated carbocycles. The predicted octanol–water partition coefficient (Wildman–Crippen LogP) is 3.63. The van der Waals surface area contributed by atoms with E-state index in [2.05, 4.69) is 54.8 Å². The molecule has 0 spiro atoms. The molecule has 0 aromatic heterocycles. The van der Waals surface area contributed by atoms with Crippen molar-refractivity contribution >= 4 is 11.6 Å². The first-order valence-corrected chi connectivity index (χ1v) is 11.5. The van der Waals surface area contributed by atoms with Crippen LogP contribution in [0.4, 0.5) is 0 Å². The summed E-state index contributed by atoms with van der Waals surface area (Å²) in [5.41, 5.74) is 5.54. The lowest BCUT2D eigenvalue weighted by molar-refractivity contribution is -0.134. The van der Waals surface area contributed by atoms with Crippen LogP contribution >= 0.6 is 0 Å². The standard InChI is InChI=1S/C26H34N4O2/c1-5-28-11-13-29(14-12-28)18-26(31)30-25(21-7-6-8-22(16-21)32-4)17-24(27-30)23-15-19(2)9-10-20(23)3/h6-10,15-16,25H,5,11-14,17-18H2,1-4H3/t25-/m1/s1. The Bertz CT molecular complexity index is 995. The van der Waals surface area contributed by atoms with Gasteiger partial charge in [0, 0.05) is 38.2 Å². The van der Waals surface area contributed by atoms with Gasteiger partial charge in [0.2, 0.25) is 0 Å². The maximum atomic E-state index is 13.5. The molecule has 2 aliphatic heterocycles. The molecule has 6 heteroatoms. The average molecular weight is 435 g/mol. The highest BCUT2D eigenvalue weighted by atomic mass is 16.5. The molecule has 1 amide bonds. The quantitative estimate of drug-likeness (QED) is 0.697. The van der Waals surface area contributed by atoms with Gasteiger partial charge in [-0.05, 0) is 49.7 Å². The lowest BCUT2D eigenvalue weighted by Crippen LogP contribution is -2.49. The number of carbonyl (C=O) groups is 1. The Labute approximate surface area is 191 Å². The van der Waals surface area contributed by atoms with Crippen molar-refractivity contribution in [3.8, 4) is 5.75 Å². The minimum absolute atomic E-state index is 0.0584. The van der Waals surface area contributed by atoms with Crippen molar-refractivity contribution in [3.05, 3.63) is 64.7 Å². The van der Waals surface area contributed by atoms with Gasteiger partial charge in [-0.1, -0.05) is 36.8 Å². The van der Waals surface area contributed by atoms with E-state index in [1.54, 1.807) is 12.1 Å². The molecule has 4 rings (SSSR count). The van der Waals surface area contributed by atoms with Gasteiger partial charge in [-0.25, -0.2) is 5.01 Å². The van der Waals surface area contributed by atoms with Crippen molar-refractivity contribution in [2.45, 2.75) is 33.2 Å². The summed E-state index contributed by atoms with van der Waals surface area (Å²) in [7, 11) is 1.67. The van der Waals surface area contributed by atoms with Gasteiger partial charge in [-0.2, -0.15) is 5.10 Å². The third kappa shape index (κ3) is 4.87. The molecule has 170 valence electrons. The lowest BCUT2D eigenvalue weighted by atomic mass is 9.95. The second-order valence-electron chi connectivity index (χ2n) is 8.81. The molecule has 2 aliphatic rings. The van der Waals surface area contributed by atoms with E-state index in [4.69, 9.17) is 9.84 Å². The summed E-state index contributed by atoms with van der Waals surface area (Å²) in [5.74, 6) is 0.855. The molecule has 0 bridgehead atoms. The number of rotatable bonds is 6. The zero-order valence-corrected chi connectivity index (χ0v) is 19.7. The third-order valence-electron chi connectivity index (χ3n) is 6.62. The number of piperazine rings is 1. The summed E-state index contributed by atoms with van der Waals surface area (Å²) in [4.78, 5) is 18.1. The third-order valence-corrected chi connectivity index (χ3v) is 6.62. The van der Waals surface area contributed by atoms with Gasteiger partial charge in [0.15, 0.2) is 0 Å². The Morgan fingerprint density at radius 1 is 1.06 bits per heavy atom. The minimum atomic E-state index is -0.121. The van der Waals surface area contributed by atoms with Crippen LogP contribution in [-0.2, 0) is 4.79 Å². The van der Waals surface area contributed by atoms with Gasteiger partial charge >= 0.3 is 0 Å². The summed E-state index contributed by atoms with van der Waals surface area (Å²) >= 11 is 0. The van der Waals surface area contributed by atoms with Crippen LogP contribution in [0, 0.1) is 13.8 Å². The lowest BCUT2D eigenvalue weighted by Gasteiger charge is -2.34. The van der Waals surface area contributed by atoms with E-state index in [0.29, 0.717) is 13.0 Å².